The third-order valence-electron chi connectivity index (χ3n) is 6.47. The van der Waals surface area contributed by atoms with Gasteiger partial charge in [-0.3, -0.25) is 15.0 Å². The van der Waals surface area contributed by atoms with Crippen LogP contribution in [-0.4, -0.2) is 80.5 Å². The highest BCUT2D eigenvalue weighted by Crippen LogP contribution is 2.19. The number of benzene rings is 1. The Hall–Kier alpha value is -2.70. The van der Waals surface area contributed by atoms with Gasteiger partial charge in [0.2, 0.25) is 21.8 Å². The van der Waals surface area contributed by atoms with E-state index in [1.54, 1.807) is 34.1 Å². The van der Waals surface area contributed by atoms with Gasteiger partial charge in [0.15, 0.2) is 12.2 Å². The van der Waals surface area contributed by atoms with Gasteiger partial charge in [-0.25, -0.2) is 13.1 Å². The summed E-state index contributed by atoms with van der Waals surface area (Å²) in [5.41, 5.74) is 6.34. The highest BCUT2D eigenvalue weighted by Gasteiger charge is 2.34. The Morgan fingerprint density at radius 3 is 2.61 bits per heavy atom. The first-order valence-corrected chi connectivity index (χ1v) is 14.2. The van der Waals surface area contributed by atoms with Gasteiger partial charge in [-0.15, -0.1) is 0 Å². The first-order valence-electron chi connectivity index (χ1n) is 12.5. The monoisotopic (exact) mass is 522 g/mol. The van der Waals surface area contributed by atoms with Crippen LogP contribution in [0.5, 0.6) is 0 Å². The Morgan fingerprint density at radius 1 is 1.17 bits per heavy atom. The molecule has 0 aromatic heterocycles. The molecule has 0 saturated carbocycles. The SMILES string of the molecule is CCOC1[C@@H](NC(=O)CCN2CCCC[C@H](NS(=O)(=O)Cc3ccccc3)C2=O)CCCN1C(=N)N. The number of carbonyl (C=O) groups is 2. The fourth-order valence-electron chi connectivity index (χ4n) is 4.75. The molecule has 36 heavy (non-hydrogen) atoms. The number of nitrogens with zero attached hydrogens (tertiary/aromatic N) is 2. The second kappa shape index (κ2) is 13.0. The van der Waals surface area contributed by atoms with Crippen molar-refractivity contribution in [2.75, 3.05) is 26.2 Å². The standard InChI is InChI=1S/C24H38N6O5S/c1-2-35-23-20(12-8-15-30(23)24(25)26)27-21(31)13-16-29-14-7-6-11-19(22(29)32)28-36(33,34)17-18-9-4-3-5-10-18/h3-5,9-10,19-20,23,28H,2,6-8,11-17H2,1H3,(H3,25,26)(H,27,31)/t19-,20-,23?/m0/s1. The molecule has 11 nitrogen and oxygen atoms in total. The van der Waals surface area contributed by atoms with Crippen LogP contribution in [0.25, 0.3) is 0 Å². The number of ether oxygens (including phenoxy) is 1. The molecule has 2 fully saturated rings. The molecule has 0 radical (unpaired) electrons. The Bertz CT molecular complexity index is 1010. The first kappa shape index (κ1) is 27.9. The third-order valence-corrected chi connectivity index (χ3v) is 7.83. The van der Waals surface area contributed by atoms with Gasteiger partial charge in [0, 0.05) is 32.7 Å². The number of nitrogens with one attached hydrogen (secondary N) is 3. The van der Waals surface area contributed by atoms with Crippen LogP contribution in [0, 0.1) is 5.41 Å². The molecular weight excluding hydrogens is 484 g/mol. The van der Waals surface area contributed by atoms with Crippen molar-refractivity contribution >= 4 is 27.8 Å². The summed E-state index contributed by atoms with van der Waals surface area (Å²) >= 11 is 0. The number of guanidine groups is 1. The van der Waals surface area contributed by atoms with Crippen molar-refractivity contribution in [1.82, 2.24) is 19.8 Å². The van der Waals surface area contributed by atoms with Gasteiger partial charge >= 0.3 is 0 Å². The van der Waals surface area contributed by atoms with Crippen molar-refractivity contribution in [2.45, 2.75) is 69.5 Å². The molecule has 200 valence electrons. The smallest absolute Gasteiger partial charge is 0.240 e. The number of likely N-dealkylation sites (tertiary alicyclic amines) is 2. The fraction of sp³-hybridized carbons (Fsp3) is 0.625. The normalized spacial score (nSPS) is 23.2. The van der Waals surface area contributed by atoms with Crippen molar-refractivity contribution in [3.8, 4) is 0 Å². The number of sulfonamides is 1. The van der Waals surface area contributed by atoms with Crippen molar-refractivity contribution in [3.05, 3.63) is 35.9 Å². The van der Waals surface area contributed by atoms with E-state index in [2.05, 4.69) is 10.0 Å². The molecule has 3 rings (SSSR count). The lowest BCUT2D eigenvalue weighted by Gasteiger charge is -2.41. The fourth-order valence-corrected chi connectivity index (χ4v) is 6.12. The van der Waals surface area contributed by atoms with Gasteiger partial charge in [0.25, 0.3) is 0 Å². The molecule has 0 aliphatic carbocycles. The summed E-state index contributed by atoms with van der Waals surface area (Å²) in [6.45, 7) is 3.54. The zero-order valence-corrected chi connectivity index (χ0v) is 21.6. The zero-order valence-electron chi connectivity index (χ0n) is 20.8. The minimum atomic E-state index is -3.70. The van der Waals surface area contributed by atoms with E-state index in [-0.39, 0.29) is 42.5 Å². The van der Waals surface area contributed by atoms with Crippen LogP contribution in [0.15, 0.2) is 30.3 Å². The Balaban J connectivity index is 1.56. The molecule has 2 aliphatic rings. The molecule has 0 bridgehead atoms. The van der Waals surface area contributed by atoms with Crippen LogP contribution < -0.4 is 15.8 Å². The van der Waals surface area contributed by atoms with Crippen LogP contribution in [0.4, 0.5) is 0 Å². The van der Waals surface area contributed by atoms with Gasteiger partial charge in [-0.05, 0) is 44.6 Å². The molecule has 1 unspecified atom stereocenters. The summed E-state index contributed by atoms with van der Waals surface area (Å²) in [5.74, 6) is -0.819. The zero-order chi connectivity index (χ0) is 26.1. The number of hydrogen-bond donors (Lipinski definition) is 4. The Kier molecular flexibility index (Phi) is 10.1. The van der Waals surface area contributed by atoms with E-state index < -0.39 is 22.3 Å². The van der Waals surface area contributed by atoms with Crippen LogP contribution in [0.2, 0.25) is 0 Å². The number of hydrogen-bond acceptors (Lipinski definition) is 6. The van der Waals surface area contributed by atoms with Crippen molar-refractivity contribution in [3.63, 3.8) is 0 Å². The number of nitrogens with two attached hydrogens (primary N) is 1. The van der Waals surface area contributed by atoms with Crippen molar-refractivity contribution in [2.24, 2.45) is 5.73 Å². The molecule has 2 aliphatic heterocycles. The first-order chi connectivity index (χ1) is 17.2. The van der Waals surface area contributed by atoms with Gasteiger partial charge in [-0.1, -0.05) is 30.3 Å². The molecule has 0 spiro atoms. The van der Waals surface area contributed by atoms with Gasteiger partial charge < -0.3 is 25.6 Å². The summed E-state index contributed by atoms with van der Waals surface area (Å²) in [6.07, 6.45) is 2.93. The topological polar surface area (TPSA) is 158 Å². The van der Waals surface area contributed by atoms with E-state index >= 15 is 0 Å². The molecule has 1 aromatic carbocycles. The van der Waals surface area contributed by atoms with E-state index in [0.717, 1.165) is 12.8 Å². The lowest BCUT2D eigenvalue weighted by atomic mass is 10.0. The third kappa shape index (κ3) is 7.90. The average Bonchev–Trinajstić information content (AvgIpc) is 3.00. The predicted molar refractivity (Wildman–Crippen MR) is 136 cm³/mol. The summed E-state index contributed by atoms with van der Waals surface area (Å²) in [4.78, 5) is 29.1. The lowest BCUT2D eigenvalue weighted by Crippen LogP contribution is -2.59. The van der Waals surface area contributed by atoms with Crippen molar-refractivity contribution < 1.29 is 22.7 Å². The van der Waals surface area contributed by atoms with Gasteiger partial charge in [0.1, 0.15) is 6.04 Å². The average molecular weight is 523 g/mol. The molecule has 5 N–H and O–H groups in total. The minimum Gasteiger partial charge on any atom is -0.370 e. The maximum atomic E-state index is 13.1. The maximum absolute atomic E-state index is 13.1. The van der Waals surface area contributed by atoms with Crippen LogP contribution in [0.1, 0.15) is 51.0 Å². The Labute approximate surface area is 213 Å². The summed E-state index contributed by atoms with van der Waals surface area (Å²) in [5, 5.41) is 10.8. The highest BCUT2D eigenvalue weighted by atomic mass is 32.2. The second-order valence-electron chi connectivity index (χ2n) is 9.23. The molecular formula is C24H38N6O5S. The molecule has 2 amide bonds. The minimum absolute atomic E-state index is 0.0879. The molecule has 1 aromatic rings. The van der Waals surface area contributed by atoms with E-state index in [4.69, 9.17) is 15.9 Å². The molecule has 3 atom stereocenters. The number of amides is 2. The number of carbonyl (C=O) groups excluding carboxylic acids is 2. The quantitative estimate of drug-likeness (QED) is 0.260. The summed E-state index contributed by atoms with van der Waals surface area (Å²) in [6, 6.07) is 7.68. The number of piperidine rings is 1. The molecule has 12 heteroatoms. The van der Waals surface area contributed by atoms with E-state index in [1.807, 2.05) is 13.0 Å². The summed E-state index contributed by atoms with van der Waals surface area (Å²) < 4.78 is 33.7. The highest BCUT2D eigenvalue weighted by molar-refractivity contribution is 7.88. The van der Waals surface area contributed by atoms with E-state index in [0.29, 0.717) is 44.5 Å². The lowest BCUT2D eigenvalue weighted by molar-refractivity contribution is -0.133. The van der Waals surface area contributed by atoms with Gasteiger partial charge in [-0.2, -0.15) is 0 Å². The van der Waals surface area contributed by atoms with E-state index in [1.165, 1.54) is 0 Å². The summed E-state index contributed by atoms with van der Waals surface area (Å²) in [7, 11) is -3.70. The maximum Gasteiger partial charge on any atom is 0.240 e. The van der Waals surface area contributed by atoms with Gasteiger partial charge in [0.05, 0.1) is 11.8 Å². The Morgan fingerprint density at radius 2 is 1.92 bits per heavy atom. The second-order valence-corrected chi connectivity index (χ2v) is 11.0. The van der Waals surface area contributed by atoms with Crippen LogP contribution in [0.3, 0.4) is 0 Å². The van der Waals surface area contributed by atoms with Crippen LogP contribution >= 0.6 is 0 Å². The predicted octanol–water partition coefficient (Wildman–Crippen LogP) is 0.714. The van der Waals surface area contributed by atoms with Crippen molar-refractivity contribution in [1.29, 1.82) is 5.41 Å². The number of rotatable bonds is 10. The van der Waals surface area contributed by atoms with E-state index in [9.17, 15) is 18.0 Å². The largest absolute Gasteiger partial charge is 0.370 e. The molecule has 2 saturated heterocycles. The molecule has 2 heterocycles. The van der Waals surface area contributed by atoms with Crippen LogP contribution in [-0.2, 0) is 30.1 Å².